The number of ether oxygens (including phenoxy) is 1. The molecule has 0 N–H and O–H groups in total. The van der Waals surface area contributed by atoms with E-state index in [0.29, 0.717) is 23.8 Å². The third-order valence-electron chi connectivity index (χ3n) is 4.93. The van der Waals surface area contributed by atoms with E-state index in [-0.39, 0.29) is 0 Å². The van der Waals surface area contributed by atoms with Crippen LogP contribution in [0.4, 0.5) is 4.39 Å². The topological polar surface area (TPSA) is 38.2 Å². The highest BCUT2D eigenvalue weighted by Crippen LogP contribution is 2.39. The Kier molecular flexibility index (Phi) is 3.73. The van der Waals surface area contributed by atoms with Crippen molar-refractivity contribution in [1.29, 1.82) is 0 Å². The van der Waals surface area contributed by atoms with Crippen molar-refractivity contribution in [2.24, 2.45) is 11.8 Å². The van der Waals surface area contributed by atoms with Crippen LogP contribution in [-0.2, 0) is 0 Å². The SMILES string of the molecule is CN1CC2CCC(C1)C2Oc1ccc(-c2ncc(F)cn2)cc1. The molecule has 0 radical (unpaired) electrons. The van der Waals surface area contributed by atoms with Crippen LogP contribution in [-0.4, -0.2) is 41.1 Å². The fourth-order valence-corrected chi connectivity index (χ4v) is 3.90. The van der Waals surface area contributed by atoms with Crippen LogP contribution in [0.2, 0.25) is 0 Å². The molecule has 2 aliphatic rings. The largest absolute Gasteiger partial charge is 0.490 e. The zero-order valence-electron chi connectivity index (χ0n) is 13.2. The first kappa shape index (κ1) is 14.6. The summed E-state index contributed by atoms with van der Waals surface area (Å²) in [5.41, 5.74) is 0.865. The normalized spacial score (nSPS) is 27.1. The van der Waals surface area contributed by atoms with Crippen LogP contribution in [0, 0.1) is 17.7 Å². The summed E-state index contributed by atoms with van der Waals surface area (Å²) in [5, 5.41) is 0. The molecule has 23 heavy (non-hydrogen) atoms. The Morgan fingerprint density at radius 3 is 2.26 bits per heavy atom. The number of hydrogen-bond acceptors (Lipinski definition) is 4. The molecule has 1 aliphatic carbocycles. The van der Waals surface area contributed by atoms with Crippen molar-refractivity contribution >= 4 is 0 Å². The zero-order valence-corrected chi connectivity index (χ0v) is 13.2. The van der Waals surface area contributed by atoms with Gasteiger partial charge in [0.15, 0.2) is 11.6 Å². The Labute approximate surface area is 135 Å². The molecule has 4 rings (SSSR count). The van der Waals surface area contributed by atoms with Gasteiger partial charge in [-0.3, -0.25) is 0 Å². The molecule has 0 amide bonds. The van der Waals surface area contributed by atoms with Crippen molar-refractivity contribution in [3.8, 4) is 17.1 Å². The van der Waals surface area contributed by atoms with E-state index >= 15 is 0 Å². The molecule has 1 aliphatic heterocycles. The lowest BCUT2D eigenvalue weighted by atomic mass is 9.95. The molecule has 4 nitrogen and oxygen atoms in total. The van der Waals surface area contributed by atoms with Crippen LogP contribution in [0.1, 0.15) is 12.8 Å². The minimum absolute atomic E-state index is 0.333. The Morgan fingerprint density at radius 2 is 1.65 bits per heavy atom. The quantitative estimate of drug-likeness (QED) is 0.873. The van der Waals surface area contributed by atoms with Crippen LogP contribution in [0.3, 0.4) is 0 Å². The number of aromatic nitrogens is 2. The number of likely N-dealkylation sites (tertiary alicyclic amines) is 1. The van der Waals surface area contributed by atoms with E-state index in [9.17, 15) is 4.39 Å². The summed E-state index contributed by atoms with van der Waals surface area (Å²) in [7, 11) is 2.19. The molecule has 1 saturated heterocycles. The first-order valence-corrected chi connectivity index (χ1v) is 8.12. The molecule has 120 valence electrons. The van der Waals surface area contributed by atoms with E-state index in [1.54, 1.807) is 0 Å². The highest BCUT2D eigenvalue weighted by Gasteiger charge is 2.42. The highest BCUT2D eigenvalue weighted by molar-refractivity contribution is 5.55. The van der Waals surface area contributed by atoms with Gasteiger partial charge in [0.05, 0.1) is 12.4 Å². The van der Waals surface area contributed by atoms with Crippen LogP contribution >= 0.6 is 0 Å². The highest BCUT2D eigenvalue weighted by atomic mass is 19.1. The van der Waals surface area contributed by atoms with E-state index in [0.717, 1.165) is 24.4 Å². The minimum atomic E-state index is -0.425. The van der Waals surface area contributed by atoms with Crippen molar-refractivity contribution in [2.75, 3.05) is 20.1 Å². The first-order chi connectivity index (χ1) is 11.2. The lowest BCUT2D eigenvalue weighted by Gasteiger charge is -2.36. The maximum absolute atomic E-state index is 12.9. The standard InChI is InChI=1S/C18H20FN3O/c1-22-10-13-2-3-14(11-22)17(13)23-16-6-4-12(5-7-16)18-20-8-15(19)9-21-18/h4-9,13-14,17H,2-3,10-11H2,1H3. The molecule has 2 atom stereocenters. The Bertz CT molecular complexity index is 660. The van der Waals surface area contributed by atoms with Gasteiger partial charge >= 0.3 is 0 Å². The summed E-state index contributed by atoms with van der Waals surface area (Å²) >= 11 is 0. The molecule has 1 aromatic carbocycles. The van der Waals surface area contributed by atoms with E-state index in [4.69, 9.17) is 4.74 Å². The van der Waals surface area contributed by atoms with Gasteiger partial charge in [-0.15, -0.1) is 0 Å². The van der Waals surface area contributed by atoms with E-state index in [2.05, 4.69) is 21.9 Å². The maximum atomic E-state index is 12.9. The molecule has 2 fully saturated rings. The number of benzene rings is 1. The summed E-state index contributed by atoms with van der Waals surface area (Å²) in [5.74, 6) is 2.27. The third kappa shape index (κ3) is 2.93. The van der Waals surface area contributed by atoms with Gasteiger partial charge in [0.1, 0.15) is 11.9 Å². The fraction of sp³-hybridized carbons (Fsp3) is 0.444. The number of fused-ring (bicyclic) bond motifs is 2. The monoisotopic (exact) mass is 313 g/mol. The summed E-state index contributed by atoms with van der Waals surface area (Å²) in [6.45, 7) is 2.26. The molecular formula is C18H20FN3O. The van der Waals surface area contributed by atoms with Crippen molar-refractivity contribution in [1.82, 2.24) is 14.9 Å². The third-order valence-corrected chi connectivity index (χ3v) is 4.93. The lowest BCUT2D eigenvalue weighted by Crippen LogP contribution is -2.45. The van der Waals surface area contributed by atoms with Crippen LogP contribution in [0.25, 0.3) is 11.4 Å². The Balaban J connectivity index is 1.48. The second-order valence-electron chi connectivity index (χ2n) is 6.65. The van der Waals surface area contributed by atoms with Gasteiger partial charge < -0.3 is 9.64 Å². The Hall–Kier alpha value is -2.01. The van der Waals surface area contributed by atoms with Gasteiger partial charge in [0.2, 0.25) is 0 Å². The molecular weight excluding hydrogens is 293 g/mol. The first-order valence-electron chi connectivity index (χ1n) is 8.12. The Morgan fingerprint density at radius 1 is 1.04 bits per heavy atom. The molecule has 2 aromatic rings. The number of piperidine rings is 1. The molecule has 0 spiro atoms. The van der Waals surface area contributed by atoms with Gasteiger partial charge in [-0.05, 0) is 44.2 Å². The maximum Gasteiger partial charge on any atom is 0.159 e. The van der Waals surface area contributed by atoms with Crippen molar-refractivity contribution in [3.05, 3.63) is 42.5 Å². The zero-order chi connectivity index (χ0) is 15.8. The van der Waals surface area contributed by atoms with Gasteiger partial charge in [-0.1, -0.05) is 0 Å². The second-order valence-corrected chi connectivity index (χ2v) is 6.65. The summed E-state index contributed by atoms with van der Waals surface area (Å²) in [6.07, 6.45) is 5.23. The van der Waals surface area contributed by atoms with Gasteiger partial charge in [0, 0.05) is 30.5 Å². The predicted molar refractivity (Wildman–Crippen MR) is 85.6 cm³/mol. The average molecular weight is 313 g/mol. The molecule has 1 aromatic heterocycles. The van der Waals surface area contributed by atoms with Crippen LogP contribution in [0.5, 0.6) is 5.75 Å². The van der Waals surface area contributed by atoms with Crippen molar-refractivity contribution in [2.45, 2.75) is 18.9 Å². The van der Waals surface area contributed by atoms with E-state index in [1.807, 2.05) is 24.3 Å². The summed E-state index contributed by atoms with van der Waals surface area (Å²) in [6, 6.07) is 7.78. The molecule has 2 heterocycles. The van der Waals surface area contributed by atoms with Crippen molar-refractivity contribution in [3.63, 3.8) is 0 Å². The number of halogens is 1. The predicted octanol–water partition coefficient (Wildman–Crippen LogP) is 3.00. The number of rotatable bonds is 3. The lowest BCUT2D eigenvalue weighted by molar-refractivity contribution is 0.0452. The van der Waals surface area contributed by atoms with Gasteiger partial charge in [-0.2, -0.15) is 0 Å². The molecule has 2 bridgehead atoms. The fourth-order valence-electron chi connectivity index (χ4n) is 3.90. The second kappa shape index (κ2) is 5.89. The van der Waals surface area contributed by atoms with Gasteiger partial charge in [-0.25, -0.2) is 14.4 Å². The van der Waals surface area contributed by atoms with E-state index < -0.39 is 5.82 Å². The minimum Gasteiger partial charge on any atom is -0.490 e. The molecule has 5 heteroatoms. The van der Waals surface area contributed by atoms with Gasteiger partial charge in [0.25, 0.3) is 0 Å². The summed E-state index contributed by atoms with van der Waals surface area (Å²) in [4.78, 5) is 10.4. The average Bonchev–Trinajstić information content (AvgIpc) is 2.79. The smallest absolute Gasteiger partial charge is 0.159 e. The number of nitrogens with zero attached hydrogens (tertiary/aromatic N) is 3. The molecule has 1 saturated carbocycles. The van der Waals surface area contributed by atoms with Crippen LogP contribution in [0.15, 0.2) is 36.7 Å². The van der Waals surface area contributed by atoms with Crippen LogP contribution < -0.4 is 4.74 Å². The van der Waals surface area contributed by atoms with Crippen molar-refractivity contribution < 1.29 is 9.13 Å². The molecule has 2 unspecified atom stereocenters. The summed E-state index contributed by atoms with van der Waals surface area (Å²) < 4.78 is 19.2. The van der Waals surface area contributed by atoms with E-state index in [1.165, 1.54) is 25.2 Å². The number of hydrogen-bond donors (Lipinski definition) is 0.